The Morgan fingerprint density at radius 2 is 1.89 bits per heavy atom. The van der Waals surface area contributed by atoms with E-state index in [9.17, 15) is 4.79 Å². The van der Waals surface area contributed by atoms with Gasteiger partial charge in [-0.3, -0.25) is 4.79 Å². The van der Waals surface area contributed by atoms with Crippen LogP contribution in [0.3, 0.4) is 0 Å². The van der Waals surface area contributed by atoms with Crippen LogP contribution < -0.4 is 15.0 Å². The maximum absolute atomic E-state index is 12.5. The summed E-state index contributed by atoms with van der Waals surface area (Å²) >= 11 is 0. The fourth-order valence-corrected chi connectivity index (χ4v) is 3.29. The number of benzene rings is 2. The molecule has 4 rings (SSSR count). The van der Waals surface area contributed by atoms with E-state index in [2.05, 4.69) is 33.4 Å². The maximum atomic E-state index is 12.5. The number of carbonyl (C=O) groups excluding carboxylic acids is 1. The predicted octanol–water partition coefficient (Wildman–Crippen LogP) is 3.71. The molecule has 1 N–H and O–H groups in total. The molecule has 1 aromatic heterocycles. The second-order valence-corrected chi connectivity index (χ2v) is 6.44. The van der Waals surface area contributed by atoms with E-state index < -0.39 is 0 Å². The third kappa shape index (κ3) is 3.62. The van der Waals surface area contributed by atoms with Crippen molar-refractivity contribution in [2.24, 2.45) is 0 Å². The van der Waals surface area contributed by atoms with Gasteiger partial charge in [0, 0.05) is 18.8 Å². The number of pyridine rings is 1. The van der Waals surface area contributed by atoms with Crippen LogP contribution in [0.2, 0.25) is 0 Å². The molecule has 0 radical (unpaired) electrons. The highest BCUT2D eigenvalue weighted by Gasteiger charge is 2.21. The van der Waals surface area contributed by atoms with Gasteiger partial charge in [-0.1, -0.05) is 36.4 Å². The number of nitrogens with zero attached hydrogens (tertiary/aromatic N) is 2. The van der Waals surface area contributed by atoms with Gasteiger partial charge in [-0.05, 0) is 47.9 Å². The fourth-order valence-electron chi connectivity index (χ4n) is 3.29. The van der Waals surface area contributed by atoms with E-state index in [1.807, 2.05) is 42.5 Å². The van der Waals surface area contributed by atoms with Crippen LogP contribution in [0.1, 0.15) is 21.6 Å². The molecule has 136 valence electrons. The Morgan fingerprint density at radius 1 is 1.07 bits per heavy atom. The highest BCUT2D eigenvalue weighted by atomic mass is 16.5. The molecule has 5 heteroatoms. The molecule has 0 saturated carbocycles. The van der Waals surface area contributed by atoms with Gasteiger partial charge in [0.25, 0.3) is 5.91 Å². The maximum Gasteiger partial charge on any atom is 0.270 e. The van der Waals surface area contributed by atoms with Gasteiger partial charge in [-0.25, -0.2) is 4.98 Å². The number of nitrogens with one attached hydrogen (secondary N) is 1. The first-order chi connectivity index (χ1) is 13.2. The third-order valence-electron chi connectivity index (χ3n) is 4.74. The zero-order chi connectivity index (χ0) is 18.6. The molecule has 3 aromatic rings. The number of para-hydroxylation sites is 1. The first-order valence-corrected chi connectivity index (χ1v) is 8.98. The minimum atomic E-state index is -0.180. The lowest BCUT2D eigenvalue weighted by Crippen LogP contribution is -2.25. The van der Waals surface area contributed by atoms with Gasteiger partial charge in [0.2, 0.25) is 0 Å². The van der Waals surface area contributed by atoms with E-state index in [0.717, 1.165) is 30.1 Å². The summed E-state index contributed by atoms with van der Waals surface area (Å²) in [6.45, 7) is 1.32. The van der Waals surface area contributed by atoms with Crippen LogP contribution >= 0.6 is 0 Å². The summed E-state index contributed by atoms with van der Waals surface area (Å²) in [4.78, 5) is 19.3. The van der Waals surface area contributed by atoms with Crippen LogP contribution in [0.5, 0.6) is 5.75 Å². The topological polar surface area (TPSA) is 54.5 Å². The normalized spacial score (nSPS) is 12.6. The second kappa shape index (κ2) is 7.50. The largest absolute Gasteiger partial charge is 0.497 e. The number of hydrogen-bond acceptors (Lipinski definition) is 4. The molecular formula is C22H21N3O2. The quantitative estimate of drug-likeness (QED) is 0.754. The highest BCUT2D eigenvalue weighted by Crippen LogP contribution is 2.33. The number of anilines is 2. The Morgan fingerprint density at radius 3 is 2.70 bits per heavy atom. The minimum Gasteiger partial charge on any atom is -0.497 e. The minimum absolute atomic E-state index is 0.180. The van der Waals surface area contributed by atoms with Gasteiger partial charge in [0.1, 0.15) is 17.3 Å². The molecule has 0 atom stereocenters. The Labute approximate surface area is 158 Å². The van der Waals surface area contributed by atoms with Gasteiger partial charge in [-0.15, -0.1) is 0 Å². The summed E-state index contributed by atoms with van der Waals surface area (Å²) in [5.74, 6) is 1.42. The van der Waals surface area contributed by atoms with E-state index in [4.69, 9.17) is 4.74 Å². The lowest BCUT2D eigenvalue weighted by molar-refractivity contribution is 0.0946. The van der Waals surface area contributed by atoms with Crippen LogP contribution in [-0.2, 0) is 13.0 Å². The Kier molecular flexibility index (Phi) is 4.75. The van der Waals surface area contributed by atoms with Gasteiger partial charge in [-0.2, -0.15) is 0 Å². The van der Waals surface area contributed by atoms with E-state index in [-0.39, 0.29) is 5.91 Å². The molecule has 27 heavy (non-hydrogen) atoms. The van der Waals surface area contributed by atoms with Crippen molar-refractivity contribution >= 4 is 17.4 Å². The zero-order valence-electron chi connectivity index (χ0n) is 15.2. The summed E-state index contributed by atoms with van der Waals surface area (Å²) in [6.07, 6.45) is 0.992. The van der Waals surface area contributed by atoms with Crippen molar-refractivity contribution in [2.45, 2.75) is 13.0 Å². The first kappa shape index (κ1) is 17.1. The number of fused-ring (bicyclic) bond motifs is 1. The van der Waals surface area contributed by atoms with E-state index in [0.29, 0.717) is 12.2 Å². The smallest absolute Gasteiger partial charge is 0.270 e. The monoisotopic (exact) mass is 359 g/mol. The number of amides is 1. The Hall–Kier alpha value is -3.34. The molecule has 2 aromatic carbocycles. The van der Waals surface area contributed by atoms with E-state index in [1.165, 1.54) is 11.3 Å². The van der Waals surface area contributed by atoms with Crippen molar-refractivity contribution in [3.05, 3.63) is 83.6 Å². The van der Waals surface area contributed by atoms with Crippen molar-refractivity contribution < 1.29 is 9.53 Å². The van der Waals surface area contributed by atoms with Crippen molar-refractivity contribution in [3.8, 4) is 5.75 Å². The molecule has 0 saturated heterocycles. The lowest BCUT2D eigenvalue weighted by atomic mass is 10.2. The number of aromatic nitrogens is 1. The van der Waals surface area contributed by atoms with Crippen molar-refractivity contribution in [1.82, 2.24) is 10.3 Å². The Balaban J connectivity index is 1.46. The molecule has 5 nitrogen and oxygen atoms in total. The van der Waals surface area contributed by atoms with Gasteiger partial charge in [0.05, 0.1) is 7.11 Å². The van der Waals surface area contributed by atoms with Crippen LogP contribution in [0.15, 0.2) is 66.7 Å². The number of methoxy groups -OCH3 is 1. The molecule has 1 amide bonds. The van der Waals surface area contributed by atoms with Crippen LogP contribution in [0, 0.1) is 0 Å². The molecule has 0 bridgehead atoms. The molecule has 0 spiro atoms. The first-order valence-electron chi connectivity index (χ1n) is 8.98. The molecule has 1 aliphatic rings. The lowest BCUT2D eigenvalue weighted by Gasteiger charge is -2.18. The van der Waals surface area contributed by atoms with E-state index in [1.54, 1.807) is 13.2 Å². The summed E-state index contributed by atoms with van der Waals surface area (Å²) in [5.41, 5.74) is 3.91. The Bertz CT molecular complexity index is 954. The molecule has 2 heterocycles. The third-order valence-corrected chi connectivity index (χ3v) is 4.74. The van der Waals surface area contributed by atoms with Gasteiger partial charge < -0.3 is 15.0 Å². The fraction of sp³-hybridized carbons (Fsp3) is 0.182. The number of hydrogen-bond donors (Lipinski definition) is 1. The van der Waals surface area contributed by atoms with Crippen LogP contribution in [0.4, 0.5) is 11.5 Å². The number of rotatable bonds is 5. The van der Waals surface area contributed by atoms with Crippen molar-refractivity contribution in [3.63, 3.8) is 0 Å². The average Bonchev–Trinajstić information content (AvgIpc) is 3.16. The molecule has 0 unspecified atom stereocenters. The number of ether oxygens (including phenoxy) is 1. The summed E-state index contributed by atoms with van der Waals surface area (Å²) < 4.78 is 5.15. The summed E-state index contributed by atoms with van der Waals surface area (Å²) in [5, 5.41) is 2.93. The predicted molar refractivity (Wildman–Crippen MR) is 106 cm³/mol. The van der Waals surface area contributed by atoms with Crippen LogP contribution in [-0.4, -0.2) is 24.5 Å². The molecular weight excluding hydrogens is 338 g/mol. The standard InChI is InChI=1S/C22H21N3O2/c1-27-18-11-9-16(10-12-18)15-23-22(26)19-6-4-8-21(24-19)25-14-13-17-5-2-3-7-20(17)25/h2-12H,13-15H2,1H3,(H,23,26). The molecule has 0 fully saturated rings. The summed E-state index contributed by atoms with van der Waals surface area (Å²) in [7, 11) is 1.63. The summed E-state index contributed by atoms with van der Waals surface area (Å²) in [6, 6.07) is 21.5. The van der Waals surface area contributed by atoms with E-state index >= 15 is 0 Å². The molecule has 1 aliphatic heterocycles. The average molecular weight is 359 g/mol. The van der Waals surface area contributed by atoms with Gasteiger partial charge in [0.15, 0.2) is 0 Å². The van der Waals surface area contributed by atoms with Crippen LogP contribution in [0.25, 0.3) is 0 Å². The second-order valence-electron chi connectivity index (χ2n) is 6.44. The number of carbonyl (C=O) groups is 1. The zero-order valence-corrected chi connectivity index (χ0v) is 15.2. The SMILES string of the molecule is COc1ccc(CNC(=O)c2cccc(N3CCc4ccccc43)n2)cc1. The highest BCUT2D eigenvalue weighted by molar-refractivity contribution is 5.92. The van der Waals surface area contributed by atoms with Crippen molar-refractivity contribution in [2.75, 3.05) is 18.6 Å². The molecule has 0 aliphatic carbocycles. The van der Waals surface area contributed by atoms with Gasteiger partial charge >= 0.3 is 0 Å². The van der Waals surface area contributed by atoms with Crippen molar-refractivity contribution in [1.29, 1.82) is 0 Å².